The average Bonchev–Trinajstić information content (AvgIpc) is 3.11. The number of hydrogen-bond acceptors (Lipinski definition) is 9. The van der Waals surface area contributed by atoms with E-state index in [1.165, 1.54) is 0 Å². The van der Waals surface area contributed by atoms with E-state index in [0.717, 1.165) is 5.56 Å². The van der Waals surface area contributed by atoms with Crippen molar-refractivity contribution in [2.75, 3.05) is 0 Å². The van der Waals surface area contributed by atoms with Crippen molar-refractivity contribution in [2.24, 2.45) is 0 Å². The van der Waals surface area contributed by atoms with Gasteiger partial charge < -0.3 is 28.4 Å². The van der Waals surface area contributed by atoms with Gasteiger partial charge >= 0.3 is 18.5 Å². The Labute approximate surface area is 367 Å². The molecule has 62 heavy (non-hydrogen) atoms. The predicted molar refractivity (Wildman–Crippen MR) is 242 cm³/mol. The second kappa shape index (κ2) is 19.0. The monoisotopic (exact) mass is 838 g/mol. The molecule has 324 valence electrons. The molecule has 0 aliphatic carbocycles. The first kappa shape index (κ1) is 48.0. The second-order valence-corrected chi connectivity index (χ2v) is 19.6. The van der Waals surface area contributed by atoms with Gasteiger partial charge in [-0.25, -0.2) is 14.4 Å². The summed E-state index contributed by atoms with van der Waals surface area (Å²) in [7, 11) is 0. The Morgan fingerprint density at radius 1 is 0.387 bits per heavy atom. The topological polar surface area (TPSA) is 107 Å². The molecule has 4 aromatic rings. The molecule has 4 aromatic carbocycles. The van der Waals surface area contributed by atoms with Gasteiger partial charge in [-0.15, -0.1) is 0 Å². The predicted octanol–water partition coefficient (Wildman–Crippen LogP) is 12.4. The molecule has 0 saturated carbocycles. The van der Waals surface area contributed by atoms with Crippen molar-refractivity contribution in [3.8, 4) is 52.8 Å². The van der Waals surface area contributed by atoms with Crippen LogP contribution in [0.15, 0.2) is 78.9 Å². The summed E-state index contributed by atoms with van der Waals surface area (Å²) in [5.41, 5.74) is 0.930. The zero-order valence-corrected chi connectivity index (χ0v) is 38.7. The normalized spacial score (nSPS) is 11.6. The van der Waals surface area contributed by atoms with Gasteiger partial charge in [0.1, 0.15) is 22.6 Å². The van der Waals surface area contributed by atoms with Crippen molar-refractivity contribution in [2.45, 2.75) is 131 Å². The van der Waals surface area contributed by atoms with Crippen molar-refractivity contribution < 1.29 is 42.8 Å². The lowest BCUT2D eigenvalue weighted by Gasteiger charge is -2.25. The quantitative estimate of drug-likeness (QED) is 0.0862. The number of ether oxygens (including phenoxy) is 6. The SMILES string of the molecule is CC(C)(C)OC(=O)Oc1ccccc1C#Cc1cc(C#Cc2cc(C#Cc3ccccc3)c(OC(=O)OC(C)(C)C)c(C(C)(C)C)c2)c(OC(=O)OC(C)(C)C)c(C(C)(C)C)c1. The van der Waals surface area contributed by atoms with E-state index in [-0.39, 0.29) is 17.2 Å². The maximum atomic E-state index is 13.3. The number of carbonyl (C=O) groups excluding carboxylic acids is 3. The Hall–Kier alpha value is -6.63. The van der Waals surface area contributed by atoms with Crippen LogP contribution in [0.25, 0.3) is 0 Å². The van der Waals surface area contributed by atoms with E-state index in [1.807, 2.05) is 84.0 Å². The molecule has 0 N–H and O–H groups in total. The summed E-state index contributed by atoms with van der Waals surface area (Å²) in [4.78, 5) is 39.0. The van der Waals surface area contributed by atoms with Crippen LogP contribution >= 0.6 is 0 Å². The van der Waals surface area contributed by atoms with Crippen LogP contribution in [0, 0.1) is 35.5 Å². The molecule has 0 spiro atoms. The Morgan fingerprint density at radius 2 is 0.742 bits per heavy atom. The van der Waals surface area contributed by atoms with E-state index in [0.29, 0.717) is 38.9 Å². The fraction of sp³-hybridized carbons (Fsp3) is 0.377. The van der Waals surface area contributed by atoms with Crippen molar-refractivity contribution in [1.82, 2.24) is 0 Å². The van der Waals surface area contributed by atoms with Gasteiger partial charge in [-0.2, -0.15) is 0 Å². The molecule has 9 nitrogen and oxygen atoms in total. The van der Waals surface area contributed by atoms with Crippen LogP contribution in [0.5, 0.6) is 17.2 Å². The highest BCUT2D eigenvalue weighted by Crippen LogP contribution is 2.38. The van der Waals surface area contributed by atoms with E-state index in [2.05, 4.69) is 35.5 Å². The maximum absolute atomic E-state index is 13.3. The van der Waals surface area contributed by atoms with Crippen LogP contribution < -0.4 is 14.2 Å². The first-order chi connectivity index (χ1) is 28.6. The number of carbonyl (C=O) groups is 3. The van der Waals surface area contributed by atoms with E-state index in [4.69, 9.17) is 28.4 Å². The summed E-state index contributed by atoms with van der Waals surface area (Å²) in [5.74, 6) is 20.0. The molecule has 4 rings (SSSR count). The summed E-state index contributed by atoms with van der Waals surface area (Å²) in [5, 5.41) is 0. The summed E-state index contributed by atoms with van der Waals surface area (Å²) in [6, 6.07) is 23.5. The summed E-state index contributed by atoms with van der Waals surface area (Å²) in [6.45, 7) is 27.8. The van der Waals surface area contributed by atoms with Gasteiger partial charge in [0.15, 0.2) is 11.5 Å². The fourth-order valence-corrected chi connectivity index (χ4v) is 5.59. The minimum Gasteiger partial charge on any atom is -0.428 e. The highest BCUT2D eigenvalue weighted by atomic mass is 16.7. The Kier molecular flexibility index (Phi) is 14.7. The number of rotatable bonds is 3. The number of benzene rings is 4. The summed E-state index contributed by atoms with van der Waals surface area (Å²) >= 11 is 0. The Balaban J connectivity index is 1.98. The molecule has 9 heteroatoms. The van der Waals surface area contributed by atoms with Crippen molar-refractivity contribution >= 4 is 18.5 Å². The van der Waals surface area contributed by atoms with Crippen LogP contribution in [-0.4, -0.2) is 35.3 Å². The van der Waals surface area contributed by atoms with Gasteiger partial charge in [-0.3, -0.25) is 0 Å². The lowest BCUT2D eigenvalue weighted by molar-refractivity contribution is 0.0189. The third-order valence-electron chi connectivity index (χ3n) is 8.21. The van der Waals surface area contributed by atoms with Crippen molar-refractivity contribution in [3.05, 3.63) is 123 Å². The summed E-state index contributed by atoms with van der Waals surface area (Å²) < 4.78 is 34.0. The van der Waals surface area contributed by atoms with Gasteiger partial charge in [-0.05, 0) is 122 Å². The van der Waals surface area contributed by atoms with Gasteiger partial charge in [-0.1, -0.05) is 107 Å². The first-order valence-electron chi connectivity index (χ1n) is 20.4. The van der Waals surface area contributed by atoms with Crippen molar-refractivity contribution in [1.29, 1.82) is 0 Å². The van der Waals surface area contributed by atoms with Crippen LogP contribution in [0.1, 0.15) is 148 Å². The zero-order chi connectivity index (χ0) is 46.3. The molecule has 0 aliphatic heterocycles. The molecule has 0 aliphatic rings. The van der Waals surface area contributed by atoms with Crippen LogP contribution in [0.3, 0.4) is 0 Å². The summed E-state index contributed by atoms with van der Waals surface area (Å²) in [6.07, 6.45) is -2.60. The third-order valence-corrected chi connectivity index (χ3v) is 8.21. The highest BCUT2D eigenvalue weighted by Gasteiger charge is 2.29. The first-order valence-corrected chi connectivity index (χ1v) is 20.4. The molecular weight excluding hydrogens is 781 g/mol. The molecule has 0 aromatic heterocycles. The standard InChI is InChI=1S/C53H58O9/c1-49(2,3)41-33-36(26-28-38-23-19-20-24-43(38)57-46(54)60-51(7,8)9)31-40(45(41)59-48(56)62-53(13,14)15)30-27-37-32-39(29-25-35-21-17-16-18-22-35)44(42(34-37)50(4,5)6)58-47(55)61-52(10,11)12/h16-24,31-34H,1-15H3. The lowest BCUT2D eigenvalue weighted by Crippen LogP contribution is -2.27. The lowest BCUT2D eigenvalue weighted by atomic mass is 9.83. The molecular formula is C53H58O9. The molecule has 0 atom stereocenters. The fourth-order valence-electron chi connectivity index (χ4n) is 5.59. The molecule has 0 amide bonds. The van der Waals surface area contributed by atoms with Crippen LogP contribution in [0.2, 0.25) is 0 Å². The third kappa shape index (κ3) is 15.1. The van der Waals surface area contributed by atoms with E-state index >= 15 is 0 Å². The van der Waals surface area contributed by atoms with E-state index < -0.39 is 46.1 Å². The van der Waals surface area contributed by atoms with Crippen LogP contribution in [-0.2, 0) is 25.0 Å². The zero-order valence-electron chi connectivity index (χ0n) is 38.7. The van der Waals surface area contributed by atoms with E-state index in [9.17, 15) is 14.4 Å². The second-order valence-electron chi connectivity index (χ2n) is 19.6. The van der Waals surface area contributed by atoms with Gasteiger partial charge in [0.05, 0.1) is 16.7 Å². The van der Waals surface area contributed by atoms with Gasteiger partial charge in [0, 0.05) is 27.8 Å². The highest BCUT2D eigenvalue weighted by molar-refractivity contribution is 5.72. The Bertz CT molecular complexity index is 2490. The molecule has 0 heterocycles. The maximum Gasteiger partial charge on any atom is 0.514 e. The Morgan fingerprint density at radius 3 is 1.15 bits per heavy atom. The largest absolute Gasteiger partial charge is 0.514 e. The smallest absolute Gasteiger partial charge is 0.428 e. The van der Waals surface area contributed by atoms with Gasteiger partial charge in [0.2, 0.25) is 0 Å². The number of hydrogen-bond donors (Lipinski definition) is 0. The van der Waals surface area contributed by atoms with Crippen LogP contribution in [0.4, 0.5) is 14.4 Å². The molecule has 0 unspecified atom stereocenters. The molecule has 0 saturated heterocycles. The number of para-hydroxylation sites is 1. The average molecular weight is 839 g/mol. The minimum absolute atomic E-state index is 0.212. The minimum atomic E-state index is -0.893. The van der Waals surface area contributed by atoms with Crippen molar-refractivity contribution in [3.63, 3.8) is 0 Å². The molecule has 0 bridgehead atoms. The van der Waals surface area contributed by atoms with E-state index in [1.54, 1.807) is 98.7 Å². The van der Waals surface area contributed by atoms with Gasteiger partial charge in [0.25, 0.3) is 0 Å². The molecule has 0 radical (unpaired) electrons. The molecule has 0 fully saturated rings.